The Kier molecular flexibility index (Phi) is 8.50. The summed E-state index contributed by atoms with van der Waals surface area (Å²) in [6.45, 7) is 17.9. The van der Waals surface area contributed by atoms with Gasteiger partial charge >= 0.3 is 0 Å². The molecule has 0 spiro atoms. The van der Waals surface area contributed by atoms with Gasteiger partial charge in [-0.2, -0.15) is 0 Å². The Morgan fingerprint density at radius 3 is 1.94 bits per heavy atom. The Morgan fingerprint density at radius 2 is 1.50 bits per heavy atom. The van der Waals surface area contributed by atoms with Gasteiger partial charge in [-0.15, -0.1) is 0 Å². The summed E-state index contributed by atoms with van der Waals surface area (Å²) < 4.78 is 24.7. The van der Waals surface area contributed by atoms with Crippen molar-refractivity contribution in [2.45, 2.75) is 130 Å². The number of rotatable bonds is 5. The maximum atomic E-state index is 11.3. The zero-order chi connectivity index (χ0) is 24.8. The lowest BCUT2D eigenvalue weighted by molar-refractivity contribution is -0.344. The summed E-state index contributed by atoms with van der Waals surface area (Å²) in [6.07, 6.45) is -5.03. The third-order valence-electron chi connectivity index (χ3n) is 6.55. The average molecular weight is 462 g/mol. The van der Waals surface area contributed by atoms with Crippen LogP contribution in [0.2, 0.25) is 0 Å². The predicted molar refractivity (Wildman–Crippen MR) is 122 cm³/mol. The summed E-state index contributed by atoms with van der Waals surface area (Å²) in [7, 11) is 3.77. The maximum absolute atomic E-state index is 11.3. The largest absolute Gasteiger partial charge is 0.387 e. The van der Waals surface area contributed by atoms with Gasteiger partial charge in [0.2, 0.25) is 0 Å². The average Bonchev–Trinajstić information content (AvgIpc) is 2.58. The van der Waals surface area contributed by atoms with Crippen molar-refractivity contribution in [1.29, 1.82) is 0 Å². The van der Waals surface area contributed by atoms with Crippen molar-refractivity contribution in [3.05, 3.63) is 0 Å². The highest BCUT2D eigenvalue weighted by Crippen LogP contribution is 2.40. The van der Waals surface area contributed by atoms with E-state index < -0.39 is 54.7 Å². The highest BCUT2D eigenvalue weighted by atomic mass is 16.7. The van der Waals surface area contributed by atoms with Crippen molar-refractivity contribution in [3.63, 3.8) is 0 Å². The molecule has 2 saturated heterocycles. The number of nitrogens with zero attached hydrogens (tertiary/aromatic N) is 1. The Morgan fingerprint density at radius 1 is 0.969 bits per heavy atom. The summed E-state index contributed by atoms with van der Waals surface area (Å²) >= 11 is 0. The smallest absolute Gasteiger partial charge is 0.185 e. The Bertz CT molecular complexity index is 598. The molecular weight excluding hydrogens is 414 g/mol. The first-order valence-corrected chi connectivity index (χ1v) is 11.7. The molecule has 2 aliphatic rings. The van der Waals surface area contributed by atoms with E-state index in [2.05, 4.69) is 41.5 Å². The van der Waals surface area contributed by atoms with Gasteiger partial charge in [0.05, 0.1) is 30.0 Å². The minimum atomic E-state index is -1.33. The number of hydrogen-bond donors (Lipinski definition) is 3. The van der Waals surface area contributed by atoms with Crippen LogP contribution in [0.1, 0.15) is 68.7 Å². The van der Waals surface area contributed by atoms with Crippen LogP contribution in [0, 0.1) is 10.8 Å². The van der Waals surface area contributed by atoms with Gasteiger partial charge in [0.15, 0.2) is 12.6 Å². The zero-order valence-corrected chi connectivity index (χ0v) is 21.8. The topological polar surface area (TPSA) is 101 Å². The lowest BCUT2D eigenvalue weighted by atomic mass is 9.74. The van der Waals surface area contributed by atoms with E-state index in [1.807, 2.05) is 25.9 Å². The number of likely N-dealkylation sites (N-methyl/N-ethyl adjacent to an activating group) is 1. The first-order chi connectivity index (χ1) is 14.4. The van der Waals surface area contributed by atoms with Crippen LogP contribution < -0.4 is 0 Å². The summed E-state index contributed by atoms with van der Waals surface area (Å²) in [5, 5.41) is 32.1. The molecule has 0 saturated carbocycles. The van der Waals surface area contributed by atoms with Gasteiger partial charge in [0.1, 0.15) is 18.3 Å². The van der Waals surface area contributed by atoms with Crippen LogP contribution in [-0.4, -0.2) is 95.2 Å². The van der Waals surface area contributed by atoms with E-state index in [4.69, 9.17) is 18.9 Å². The van der Waals surface area contributed by atoms with Crippen molar-refractivity contribution >= 4 is 0 Å². The summed E-state index contributed by atoms with van der Waals surface area (Å²) in [4.78, 5) is 1.91. The molecule has 2 rings (SSSR count). The fourth-order valence-corrected chi connectivity index (χ4v) is 5.33. The molecule has 0 radical (unpaired) electrons. The van der Waals surface area contributed by atoms with Gasteiger partial charge in [-0.25, -0.2) is 0 Å². The molecule has 2 fully saturated rings. The Hall–Kier alpha value is -0.320. The minimum absolute atomic E-state index is 0.119. The molecule has 2 heterocycles. The molecule has 0 amide bonds. The van der Waals surface area contributed by atoms with Crippen LogP contribution in [0.4, 0.5) is 0 Å². The fraction of sp³-hybridized carbons (Fsp3) is 1.00. The minimum Gasteiger partial charge on any atom is -0.387 e. The third kappa shape index (κ3) is 6.21. The second kappa shape index (κ2) is 9.74. The van der Waals surface area contributed by atoms with Crippen LogP contribution in [0.5, 0.6) is 0 Å². The molecule has 2 aliphatic heterocycles. The lowest BCUT2D eigenvalue weighted by Gasteiger charge is -2.51. The number of hydrogen-bond acceptors (Lipinski definition) is 8. The fourth-order valence-electron chi connectivity index (χ4n) is 5.33. The van der Waals surface area contributed by atoms with Gasteiger partial charge in [-0.3, -0.25) is 0 Å². The molecule has 0 aromatic rings. The first-order valence-electron chi connectivity index (χ1n) is 11.7. The van der Waals surface area contributed by atoms with E-state index in [9.17, 15) is 15.3 Å². The van der Waals surface area contributed by atoms with E-state index >= 15 is 0 Å². The van der Waals surface area contributed by atoms with E-state index in [0.717, 1.165) is 0 Å². The summed E-state index contributed by atoms with van der Waals surface area (Å²) in [6, 6.07) is -0.417. The molecule has 190 valence electrons. The molecule has 0 aliphatic carbocycles. The molecule has 8 heteroatoms. The van der Waals surface area contributed by atoms with Crippen molar-refractivity contribution in [2.75, 3.05) is 14.1 Å². The van der Waals surface area contributed by atoms with Gasteiger partial charge in [-0.05, 0) is 45.7 Å². The van der Waals surface area contributed by atoms with Crippen LogP contribution in [0.15, 0.2) is 0 Å². The Balaban J connectivity index is 2.22. The normalized spacial score (nSPS) is 42.0. The molecule has 8 nitrogen and oxygen atoms in total. The second-order valence-corrected chi connectivity index (χ2v) is 12.3. The number of ether oxygens (including phenoxy) is 4. The summed E-state index contributed by atoms with van der Waals surface area (Å²) in [5.41, 5.74) is -1.63. The highest BCUT2D eigenvalue weighted by Gasteiger charge is 2.51. The number of aliphatic hydroxyl groups excluding tert-OH is 2. The molecule has 32 heavy (non-hydrogen) atoms. The first kappa shape index (κ1) is 27.9. The van der Waals surface area contributed by atoms with E-state index in [1.54, 1.807) is 13.8 Å². The highest BCUT2D eigenvalue weighted by molar-refractivity contribution is 4.97. The molecule has 9 atom stereocenters. The summed E-state index contributed by atoms with van der Waals surface area (Å²) in [5.74, 6) is 0. The zero-order valence-electron chi connectivity index (χ0n) is 21.8. The van der Waals surface area contributed by atoms with E-state index in [-0.39, 0.29) is 23.4 Å². The van der Waals surface area contributed by atoms with E-state index in [1.165, 1.54) is 0 Å². The molecule has 9 unspecified atom stereocenters. The predicted octanol–water partition coefficient (Wildman–Crippen LogP) is 2.13. The van der Waals surface area contributed by atoms with Crippen LogP contribution in [-0.2, 0) is 18.9 Å². The van der Waals surface area contributed by atoms with Gasteiger partial charge < -0.3 is 39.2 Å². The lowest BCUT2D eigenvalue weighted by Crippen LogP contribution is -2.65. The van der Waals surface area contributed by atoms with E-state index in [0.29, 0.717) is 0 Å². The third-order valence-corrected chi connectivity index (χ3v) is 6.55. The Labute approximate surface area is 194 Å². The molecule has 0 aromatic heterocycles. The van der Waals surface area contributed by atoms with Gasteiger partial charge in [0, 0.05) is 6.42 Å². The standard InChI is InChI=1S/C24H47NO7/c1-13-18(31-15-12-24(9,28)19(27)14(2)29-15)16(25(10)11)17(26)20(30-13)32-21(22(3,4)5)23(6,7)8/h13-21,26-28H,12H2,1-11H3. The van der Waals surface area contributed by atoms with Gasteiger partial charge in [-0.1, -0.05) is 41.5 Å². The second-order valence-electron chi connectivity index (χ2n) is 12.3. The van der Waals surface area contributed by atoms with Gasteiger partial charge in [0.25, 0.3) is 0 Å². The monoisotopic (exact) mass is 461 g/mol. The SMILES string of the molecule is CC1OC(OC(C(C)(C)C)C(C)(C)C)C(O)C(N(C)C)C1OC1CC(C)(O)C(O)C(C)O1. The van der Waals surface area contributed by atoms with Crippen LogP contribution in [0.3, 0.4) is 0 Å². The quantitative estimate of drug-likeness (QED) is 0.573. The molecular formula is C24H47NO7. The molecule has 0 aromatic carbocycles. The van der Waals surface area contributed by atoms with Crippen molar-refractivity contribution in [1.82, 2.24) is 4.90 Å². The maximum Gasteiger partial charge on any atom is 0.185 e. The number of aliphatic hydroxyl groups is 3. The van der Waals surface area contributed by atoms with Crippen molar-refractivity contribution < 1.29 is 34.3 Å². The molecule has 0 bridgehead atoms. The van der Waals surface area contributed by atoms with Crippen LogP contribution >= 0.6 is 0 Å². The van der Waals surface area contributed by atoms with Crippen molar-refractivity contribution in [3.8, 4) is 0 Å². The van der Waals surface area contributed by atoms with Crippen molar-refractivity contribution in [2.24, 2.45) is 10.8 Å². The molecule has 3 N–H and O–H groups in total. The van der Waals surface area contributed by atoms with Crippen LogP contribution in [0.25, 0.3) is 0 Å².